The van der Waals surface area contributed by atoms with Crippen molar-refractivity contribution in [1.29, 1.82) is 0 Å². The molecule has 132 valence electrons. The number of nitrogens with zero attached hydrogens (tertiary/aromatic N) is 1. The van der Waals surface area contributed by atoms with E-state index in [0.29, 0.717) is 36.9 Å². The molecule has 0 aromatic heterocycles. The smallest absolute Gasteiger partial charge is 0.260 e. The van der Waals surface area contributed by atoms with Crippen molar-refractivity contribution in [1.82, 2.24) is 4.90 Å². The number of fused-ring (bicyclic) bond motifs is 1. The summed E-state index contributed by atoms with van der Waals surface area (Å²) in [7, 11) is 0. The minimum absolute atomic E-state index is 0.108. The number of rotatable bonds is 6. The van der Waals surface area contributed by atoms with Crippen molar-refractivity contribution in [2.45, 2.75) is 13.0 Å². The van der Waals surface area contributed by atoms with E-state index in [2.05, 4.69) is 0 Å². The summed E-state index contributed by atoms with van der Waals surface area (Å²) in [4.78, 5) is 14.0. The van der Waals surface area contributed by atoms with Gasteiger partial charge in [0.05, 0.1) is 6.54 Å². The zero-order valence-electron chi connectivity index (χ0n) is 14.0. The topological polar surface area (TPSA) is 48.0 Å². The molecule has 0 spiro atoms. The molecule has 25 heavy (non-hydrogen) atoms. The molecule has 0 saturated carbocycles. The summed E-state index contributed by atoms with van der Waals surface area (Å²) in [6.45, 7) is 3.13. The average molecular weight is 345 g/mol. The fraction of sp³-hybridized carbons (Fsp3) is 0.316. The van der Waals surface area contributed by atoms with E-state index in [1.807, 2.05) is 31.2 Å². The number of carbonyl (C=O) groups is 1. The lowest BCUT2D eigenvalue weighted by atomic mass is 10.2. The van der Waals surface area contributed by atoms with Gasteiger partial charge in [-0.3, -0.25) is 4.79 Å². The number of hydrogen-bond donors (Lipinski definition) is 0. The molecule has 1 unspecified atom stereocenters. The molecule has 1 aliphatic heterocycles. The number of benzene rings is 2. The normalized spacial score (nSPS) is 15.5. The van der Waals surface area contributed by atoms with Crippen molar-refractivity contribution in [2.24, 2.45) is 0 Å². The second-order valence-electron chi connectivity index (χ2n) is 5.67. The standard InChI is InChI=1S/C19H20FNO4/c1-2-21(19(22)13-23-15-9-7-14(20)8-10-15)11-16-12-24-17-5-3-4-6-18(17)25-16/h3-10,16H,2,11-13H2,1H3. The van der Waals surface area contributed by atoms with Crippen LogP contribution in [0.25, 0.3) is 0 Å². The Morgan fingerprint density at radius 1 is 1.20 bits per heavy atom. The Morgan fingerprint density at radius 2 is 1.92 bits per heavy atom. The molecule has 0 fully saturated rings. The molecule has 2 aromatic carbocycles. The summed E-state index contributed by atoms with van der Waals surface area (Å²) in [5, 5.41) is 0. The van der Waals surface area contributed by atoms with Gasteiger partial charge in [-0.05, 0) is 43.3 Å². The highest BCUT2D eigenvalue weighted by Crippen LogP contribution is 2.31. The molecule has 0 aliphatic carbocycles. The van der Waals surface area contributed by atoms with Crippen LogP contribution < -0.4 is 14.2 Å². The van der Waals surface area contributed by atoms with Crippen molar-refractivity contribution >= 4 is 5.91 Å². The fourth-order valence-corrected chi connectivity index (χ4v) is 2.57. The molecule has 1 atom stereocenters. The number of para-hydroxylation sites is 2. The lowest BCUT2D eigenvalue weighted by molar-refractivity contribution is -0.134. The van der Waals surface area contributed by atoms with Gasteiger partial charge < -0.3 is 19.1 Å². The Bertz CT molecular complexity index is 720. The Morgan fingerprint density at radius 3 is 2.64 bits per heavy atom. The first-order chi connectivity index (χ1) is 12.2. The van der Waals surface area contributed by atoms with Crippen LogP contribution in [0.4, 0.5) is 4.39 Å². The third kappa shape index (κ3) is 4.41. The van der Waals surface area contributed by atoms with Crippen LogP contribution >= 0.6 is 0 Å². The van der Waals surface area contributed by atoms with Crippen LogP contribution in [0, 0.1) is 5.82 Å². The first kappa shape index (κ1) is 17.1. The van der Waals surface area contributed by atoms with Crippen molar-refractivity contribution < 1.29 is 23.4 Å². The molecule has 0 saturated heterocycles. The first-order valence-electron chi connectivity index (χ1n) is 8.20. The lowest BCUT2D eigenvalue weighted by Gasteiger charge is -2.30. The van der Waals surface area contributed by atoms with E-state index in [1.54, 1.807) is 4.90 Å². The zero-order valence-corrected chi connectivity index (χ0v) is 14.0. The highest BCUT2D eigenvalue weighted by molar-refractivity contribution is 5.77. The molecule has 0 radical (unpaired) electrons. The number of amides is 1. The van der Waals surface area contributed by atoms with Gasteiger partial charge in [0.25, 0.3) is 5.91 Å². The number of halogens is 1. The second kappa shape index (κ2) is 7.88. The van der Waals surface area contributed by atoms with Gasteiger partial charge >= 0.3 is 0 Å². The predicted octanol–water partition coefficient (Wildman–Crippen LogP) is 2.89. The van der Waals surface area contributed by atoms with Crippen LogP contribution in [0.2, 0.25) is 0 Å². The predicted molar refractivity (Wildman–Crippen MR) is 90.5 cm³/mol. The van der Waals surface area contributed by atoms with Crippen LogP contribution in [-0.2, 0) is 4.79 Å². The maximum Gasteiger partial charge on any atom is 0.260 e. The summed E-state index contributed by atoms with van der Waals surface area (Å²) in [5.41, 5.74) is 0. The summed E-state index contributed by atoms with van der Waals surface area (Å²) in [6.07, 6.45) is -0.232. The van der Waals surface area contributed by atoms with Crippen LogP contribution in [0.1, 0.15) is 6.92 Å². The summed E-state index contributed by atoms with van der Waals surface area (Å²) in [5.74, 6) is 1.35. The Kier molecular flexibility index (Phi) is 5.38. The third-order valence-corrected chi connectivity index (χ3v) is 3.90. The van der Waals surface area contributed by atoms with Gasteiger partial charge in [-0.2, -0.15) is 0 Å². The van der Waals surface area contributed by atoms with Crippen molar-refractivity contribution in [3.05, 3.63) is 54.3 Å². The number of hydrogen-bond acceptors (Lipinski definition) is 4. The quantitative estimate of drug-likeness (QED) is 0.808. The van der Waals surface area contributed by atoms with Gasteiger partial charge in [-0.25, -0.2) is 4.39 Å². The fourth-order valence-electron chi connectivity index (χ4n) is 2.57. The molecular formula is C19H20FNO4. The van der Waals surface area contributed by atoms with Gasteiger partial charge in [0.2, 0.25) is 0 Å². The van der Waals surface area contributed by atoms with Crippen LogP contribution in [0.5, 0.6) is 17.2 Å². The van der Waals surface area contributed by atoms with Crippen LogP contribution in [0.15, 0.2) is 48.5 Å². The van der Waals surface area contributed by atoms with E-state index in [4.69, 9.17) is 14.2 Å². The van der Waals surface area contributed by atoms with E-state index >= 15 is 0 Å². The molecule has 2 aromatic rings. The molecule has 1 aliphatic rings. The maximum absolute atomic E-state index is 12.9. The van der Waals surface area contributed by atoms with Gasteiger partial charge in [-0.15, -0.1) is 0 Å². The highest BCUT2D eigenvalue weighted by atomic mass is 19.1. The summed E-state index contributed by atoms with van der Waals surface area (Å²) in [6, 6.07) is 13.0. The van der Waals surface area contributed by atoms with Gasteiger partial charge in [0.1, 0.15) is 18.2 Å². The molecule has 3 rings (SSSR count). The number of carbonyl (C=O) groups excluding carboxylic acids is 1. The first-order valence-corrected chi connectivity index (χ1v) is 8.20. The Hall–Kier alpha value is -2.76. The third-order valence-electron chi connectivity index (χ3n) is 3.90. The summed E-state index contributed by atoms with van der Waals surface area (Å²) >= 11 is 0. The van der Waals surface area contributed by atoms with E-state index < -0.39 is 0 Å². The van der Waals surface area contributed by atoms with Crippen LogP contribution in [-0.4, -0.2) is 43.2 Å². The van der Waals surface area contributed by atoms with Gasteiger partial charge in [-0.1, -0.05) is 12.1 Å². The molecule has 1 amide bonds. The zero-order chi connectivity index (χ0) is 17.6. The largest absolute Gasteiger partial charge is 0.486 e. The molecule has 6 heteroatoms. The minimum atomic E-state index is -0.344. The van der Waals surface area contributed by atoms with Gasteiger partial charge in [0.15, 0.2) is 24.2 Å². The average Bonchev–Trinajstić information content (AvgIpc) is 2.65. The van der Waals surface area contributed by atoms with E-state index in [-0.39, 0.29) is 24.4 Å². The Labute approximate surface area is 145 Å². The van der Waals surface area contributed by atoms with E-state index in [9.17, 15) is 9.18 Å². The molecule has 0 N–H and O–H groups in total. The van der Waals surface area contributed by atoms with Crippen LogP contribution in [0.3, 0.4) is 0 Å². The molecule has 5 nitrogen and oxygen atoms in total. The second-order valence-corrected chi connectivity index (χ2v) is 5.67. The number of ether oxygens (including phenoxy) is 3. The van der Waals surface area contributed by atoms with Crippen molar-refractivity contribution in [3.63, 3.8) is 0 Å². The van der Waals surface area contributed by atoms with Crippen molar-refractivity contribution in [3.8, 4) is 17.2 Å². The van der Waals surface area contributed by atoms with Crippen molar-refractivity contribution in [2.75, 3.05) is 26.3 Å². The Balaban J connectivity index is 1.53. The number of likely N-dealkylation sites (N-methyl/N-ethyl adjacent to an activating group) is 1. The lowest BCUT2D eigenvalue weighted by Crippen LogP contribution is -2.45. The molecule has 1 heterocycles. The van der Waals surface area contributed by atoms with Gasteiger partial charge in [0, 0.05) is 6.54 Å². The summed E-state index contributed by atoms with van der Waals surface area (Å²) < 4.78 is 29.9. The maximum atomic E-state index is 12.9. The molecule has 0 bridgehead atoms. The highest BCUT2D eigenvalue weighted by Gasteiger charge is 2.24. The van der Waals surface area contributed by atoms with E-state index in [0.717, 1.165) is 0 Å². The van der Waals surface area contributed by atoms with E-state index in [1.165, 1.54) is 24.3 Å². The SMILES string of the molecule is CCN(CC1COc2ccccc2O1)C(=O)COc1ccc(F)cc1. The molecular weight excluding hydrogens is 325 g/mol. The minimum Gasteiger partial charge on any atom is -0.486 e. The monoisotopic (exact) mass is 345 g/mol.